The molecule has 1 amide bonds. The number of aryl methyl sites for hydroxylation is 1. The third kappa shape index (κ3) is 6.06. The van der Waals surface area contributed by atoms with Crippen LogP contribution in [0.2, 0.25) is 5.02 Å². The third-order valence-corrected chi connectivity index (χ3v) is 3.34. The van der Waals surface area contributed by atoms with Gasteiger partial charge in [0, 0.05) is 18.0 Å². The number of carboxylic acid groups (broad SMARTS) is 1. The lowest BCUT2D eigenvalue weighted by molar-refractivity contribution is -0.141. The first kappa shape index (κ1) is 16.5. The van der Waals surface area contributed by atoms with Gasteiger partial charge in [0.05, 0.1) is 5.92 Å². The molecule has 0 heterocycles. The fourth-order valence-electron chi connectivity index (χ4n) is 1.90. The first-order valence-corrected chi connectivity index (χ1v) is 7.14. The quantitative estimate of drug-likeness (QED) is 0.775. The number of halogens is 1. The predicted molar refractivity (Wildman–Crippen MR) is 78.8 cm³/mol. The van der Waals surface area contributed by atoms with E-state index in [0.717, 1.165) is 12.0 Å². The molecule has 0 aliphatic carbocycles. The number of benzene rings is 1. The fraction of sp³-hybridized carbons (Fsp3) is 0.467. The number of aliphatic carboxylic acids is 1. The molecule has 0 aromatic heterocycles. The van der Waals surface area contributed by atoms with Crippen LogP contribution in [0.25, 0.3) is 0 Å². The second-order valence-corrected chi connectivity index (χ2v) is 5.19. The van der Waals surface area contributed by atoms with Crippen molar-refractivity contribution < 1.29 is 14.7 Å². The molecule has 4 nitrogen and oxygen atoms in total. The second kappa shape index (κ2) is 8.59. The Kier molecular flexibility index (Phi) is 7.09. The summed E-state index contributed by atoms with van der Waals surface area (Å²) >= 11 is 5.78. The van der Waals surface area contributed by atoms with Gasteiger partial charge < -0.3 is 10.4 Å². The molecule has 0 aliphatic heterocycles. The average Bonchev–Trinajstić information content (AvgIpc) is 2.42. The largest absolute Gasteiger partial charge is 0.481 e. The Morgan fingerprint density at radius 1 is 1.30 bits per heavy atom. The fourth-order valence-corrected chi connectivity index (χ4v) is 2.02. The van der Waals surface area contributed by atoms with E-state index < -0.39 is 11.9 Å². The van der Waals surface area contributed by atoms with Gasteiger partial charge in [-0.3, -0.25) is 9.59 Å². The Morgan fingerprint density at radius 3 is 2.50 bits per heavy atom. The van der Waals surface area contributed by atoms with Gasteiger partial charge in [-0.05, 0) is 30.5 Å². The summed E-state index contributed by atoms with van der Waals surface area (Å²) < 4.78 is 0. The highest BCUT2D eigenvalue weighted by Crippen LogP contribution is 2.11. The molecule has 0 bridgehead atoms. The summed E-state index contributed by atoms with van der Waals surface area (Å²) in [6, 6.07) is 7.34. The van der Waals surface area contributed by atoms with Crippen LogP contribution in [0.15, 0.2) is 24.3 Å². The SMILES string of the molecule is CCCC(CNC(=O)CCc1ccc(Cl)cc1)C(=O)O. The lowest BCUT2D eigenvalue weighted by atomic mass is 10.0. The first-order chi connectivity index (χ1) is 9.52. The maximum Gasteiger partial charge on any atom is 0.308 e. The number of carboxylic acids is 1. The molecule has 0 saturated carbocycles. The highest BCUT2D eigenvalue weighted by Gasteiger charge is 2.16. The highest BCUT2D eigenvalue weighted by atomic mass is 35.5. The van der Waals surface area contributed by atoms with E-state index in [2.05, 4.69) is 5.32 Å². The Bertz CT molecular complexity index is 445. The Labute approximate surface area is 124 Å². The van der Waals surface area contributed by atoms with Gasteiger partial charge in [-0.1, -0.05) is 37.1 Å². The lowest BCUT2D eigenvalue weighted by Gasteiger charge is -2.12. The van der Waals surface area contributed by atoms with Crippen LogP contribution in [0.3, 0.4) is 0 Å². The number of carbonyl (C=O) groups excluding carboxylic acids is 1. The van der Waals surface area contributed by atoms with Crippen LogP contribution < -0.4 is 5.32 Å². The molecule has 1 aromatic rings. The van der Waals surface area contributed by atoms with Crippen LogP contribution in [0.4, 0.5) is 0 Å². The van der Waals surface area contributed by atoms with Gasteiger partial charge >= 0.3 is 5.97 Å². The van der Waals surface area contributed by atoms with Crippen LogP contribution in [0.1, 0.15) is 31.7 Å². The number of nitrogens with one attached hydrogen (secondary N) is 1. The molecule has 2 N–H and O–H groups in total. The molecule has 0 aliphatic rings. The second-order valence-electron chi connectivity index (χ2n) is 4.75. The monoisotopic (exact) mass is 297 g/mol. The molecule has 0 radical (unpaired) electrons. The minimum Gasteiger partial charge on any atom is -0.481 e. The van der Waals surface area contributed by atoms with Crippen molar-refractivity contribution in [3.63, 3.8) is 0 Å². The van der Waals surface area contributed by atoms with Gasteiger partial charge in [0.25, 0.3) is 0 Å². The summed E-state index contributed by atoms with van der Waals surface area (Å²) in [6.45, 7) is 2.13. The van der Waals surface area contributed by atoms with Gasteiger partial charge in [0.2, 0.25) is 5.91 Å². The van der Waals surface area contributed by atoms with Gasteiger partial charge in [-0.25, -0.2) is 0 Å². The maximum atomic E-state index is 11.7. The van der Waals surface area contributed by atoms with Crippen molar-refractivity contribution in [2.24, 2.45) is 5.92 Å². The molecule has 1 atom stereocenters. The van der Waals surface area contributed by atoms with Crippen LogP contribution >= 0.6 is 11.6 Å². The Morgan fingerprint density at radius 2 is 1.95 bits per heavy atom. The molecule has 0 fully saturated rings. The molecule has 1 unspecified atom stereocenters. The van der Waals surface area contributed by atoms with Crippen LogP contribution in [-0.4, -0.2) is 23.5 Å². The number of rotatable bonds is 8. The molecular weight excluding hydrogens is 278 g/mol. The summed E-state index contributed by atoms with van der Waals surface area (Å²) in [6.07, 6.45) is 2.33. The van der Waals surface area contributed by atoms with Crippen molar-refractivity contribution in [2.75, 3.05) is 6.54 Å². The van der Waals surface area contributed by atoms with Crippen molar-refractivity contribution in [3.05, 3.63) is 34.9 Å². The predicted octanol–water partition coefficient (Wildman–Crippen LogP) is 2.89. The minimum atomic E-state index is -0.857. The van der Waals surface area contributed by atoms with Gasteiger partial charge in [-0.15, -0.1) is 0 Å². The standard InChI is InChI=1S/C15H20ClNO3/c1-2-3-12(15(19)20)10-17-14(18)9-6-11-4-7-13(16)8-5-11/h4-5,7-8,12H,2-3,6,9-10H2,1H3,(H,17,18)(H,19,20). The molecule has 0 spiro atoms. The van der Waals surface area contributed by atoms with E-state index in [-0.39, 0.29) is 12.5 Å². The normalized spacial score (nSPS) is 11.9. The molecule has 0 saturated heterocycles. The number of hydrogen-bond donors (Lipinski definition) is 2. The smallest absolute Gasteiger partial charge is 0.308 e. The Balaban J connectivity index is 2.32. The van der Waals surface area contributed by atoms with Crippen molar-refractivity contribution >= 4 is 23.5 Å². The zero-order chi connectivity index (χ0) is 15.0. The summed E-state index contributed by atoms with van der Waals surface area (Å²) in [4.78, 5) is 22.6. The van der Waals surface area contributed by atoms with E-state index in [0.29, 0.717) is 24.3 Å². The van der Waals surface area contributed by atoms with E-state index in [4.69, 9.17) is 16.7 Å². The number of carbonyl (C=O) groups is 2. The van der Waals surface area contributed by atoms with E-state index in [1.165, 1.54) is 0 Å². The molecule has 110 valence electrons. The van der Waals surface area contributed by atoms with E-state index in [9.17, 15) is 9.59 Å². The van der Waals surface area contributed by atoms with Crippen LogP contribution in [0, 0.1) is 5.92 Å². The van der Waals surface area contributed by atoms with Gasteiger partial charge in [0.1, 0.15) is 0 Å². The molecular formula is C15H20ClNO3. The summed E-state index contributed by atoms with van der Waals surface area (Å²) in [5, 5.41) is 12.3. The minimum absolute atomic E-state index is 0.123. The number of hydrogen-bond acceptors (Lipinski definition) is 2. The topological polar surface area (TPSA) is 66.4 Å². The number of amides is 1. The summed E-state index contributed by atoms with van der Waals surface area (Å²) in [7, 11) is 0. The van der Waals surface area contributed by atoms with E-state index >= 15 is 0 Å². The zero-order valence-electron chi connectivity index (χ0n) is 11.6. The van der Waals surface area contributed by atoms with Crippen molar-refractivity contribution in [2.45, 2.75) is 32.6 Å². The van der Waals surface area contributed by atoms with Crippen LogP contribution in [-0.2, 0) is 16.0 Å². The van der Waals surface area contributed by atoms with Crippen molar-refractivity contribution in [1.82, 2.24) is 5.32 Å². The summed E-state index contributed by atoms with van der Waals surface area (Å²) in [5.74, 6) is -1.48. The molecule has 20 heavy (non-hydrogen) atoms. The summed E-state index contributed by atoms with van der Waals surface area (Å²) in [5.41, 5.74) is 1.04. The van der Waals surface area contributed by atoms with Gasteiger partial charge in [-0.2, -0.15) is 0 Å². The maximum absolute atomic E-state index is 11.7. The third-order valence-electron chi connectivity index (χ3n) is 3.09. The zero-order valence-corrected chi connectivity index (χ0v) is 12.3. The van der Waals surface area contributed by atoms with Gasteiger partial charge in [0.15, 0.2) is 0 Å². The van der Waals surface area contributed by atoms with E-state index in [1.807, 2.05) is 19.1 Å². The van der Waals surface area contributed by atoms with Crippen molar-refractivity contribution in [3.8, 4) is 0 Å². The highest BCUT2D eigenvalue weighted by molar-refractivity contribution is 6.30. The van der Waals surface area contributed by atoms with Crippen LogP contribution in [0.5, 0.6) is 0 Å². The molecule has 1 aromatic carbocycles. The lowest BCUT2D eigenvalue weighted by Crippen LogP contribution is -2.33. The molecule has 1 rings (SSSR count). The van der Waals surface area contributed by atoms with Crippen molar-refractivity contribution in [1.29, 1.82) is 0 Å². The average molecular weight is 298 g/mol. The first-order valence-electron chi connectivity index (χ1n) is 6.77. The Hall–Kier alpha value is -1.55. The molecule has 5 heteroatoms. The van der Waals surface area contributed by atoms with E-state index in [1.54, 1.807) is 12.1 Å².